The molecule has 0 saturated carbocycles. The second kappa shape index (κ2) is 9.27. The lowest BCUT2D eigenvalue weighted by atomic mass is 10.0. The SMILES string of the molecule is CCCCCOC(Br)c1ccccc1C(=O)CCC. The van der Waals surface area contributed by atoms with Crippen LogP contribution in [0.5, 0.6) is 0 Å². The first kappa shape index (κ1) is 16.4. The molecule has 0 aliphatic carbocycles. The van der Waals surface area contributed by atoms with Crippen LogP contribution >= 0.6 is 15.9 Å². The summed E-state index contributed by atoms with van der Waals surface area (Å²) in [6.07, 6.45) is 4.88. The molecule has 0 heterocycles. The molecule has 1 aromatic carbocycles. The first-order valence-corrected chi connectivity index (χ1v) is 8.00. The lowest BCUT2D eigenvalue weighted by molar-refractivity contribution is 0.0961. The summed E-state index contributed by atoms with van der Waals surface area (Å²) in [6, 6.07) is 7.70. The minimum atomic E-state index is -0.193. The van der Waals surface area contributed by atoms with Gasteiger partial charge in [-0.2, -0.15) is 0 Å². The normalized spacial score (nSPS) is 12.4. The van der Waals surface area contributed by atoms with Gasteiger partial charge in [0.05, 0.1) is 0 Å². The van der Waals surface area contributed by atoms with Crippen LogP contribution in [0.1, 0.15) is 66.9 Å². The predicted octanol–water partition coefficient (Wildman–Crippen LogP) is 5.27. The number of benzene rings is 1. The van der Waals surface area contributed by atoms with Gasteiger partial charge in [-0.1, -0.05) is 66.9 Å². The minimum absolute atomic E-state index is 0.193. The number of unbranched alkanes of at least 4 members (excludes halogenated alkanes) is 2. The Morgan fingerprint density at radius 1 is 1.21 bits per heavy atom. The number of hydrogen-bond acceptors (Lipinski definition) is 2. The number of rotatable bonds is 9. The van der Waals surface area contributed by atoms with Gasteiger partial charge in [0, 0.05) is 24.2 Å². The summed E-state index contributed by atoms with van der Waals surface area (Å²) in [5.41, 5.74) is 1.72. The highest BCUT2D eigenvalue weighted by Gasteiger charge is 2.16. The van der Waals surface area contributed by atoms with E-state index in [9.17, 15) is 4.79 Å². The Balaban J connectivity index is 2.67. The van der Waals surface area contributed by atoms with E-state index in [1.807, 2.05) is 31.2 Å². The molecule has 0 N–H and O–H groups in total. The predicted molar refractivity (Wildman–Crippen MR) is 82.8 cm³/mol. The van der Waals surface area contributed by atoms with Crippen LogP contribution in [0.15, 0.2) is 24.3 Å². The number of halogens is 1. The van der Waals surface area contributed by atoms with Gasteiger partial charge in [0.1, 0.15) is 5.01 Å². The molecule has 0 aliphatic rings. The molecule has 3 heteroatoms. The van der Waals surface area contributed by atoms with Crippen molar-refractivity contribution in [3.05, 3.63) is 35.4 Å². The Bertz CT molecular complexity index is 390. The minimum Gasteiger partial charge on any atom is -0.362 e. The molecule has 1 atom stereocenters. The van der Waals surface area contributed by atoms with E-state index in [1.165, 1.54) is 12.8 Å². The van der Waals surface area contributed by atoms with Gasteiger partial charge in [-0.3, -0.25) is 4.79 Å². The van der Waals surface area contributed by atoms with Gasteiger partial charge >= 0.3 is 0 Å². The first-order valence-electron chi connectivity index (χ1n) is 7.08. The Morgan fingerprint density at radius 3 is 2.63 bits per heavy atom. The maximum absolute atomic E-state index is 12.1. The molecule has 0 fully saturated rings. The molecule has 1 aromatic rings. The van der Waals surface area contributed by atoms with Crippen molar-refractivity contribution in [2.24, 2.45) is 0 Å². The van der Waals surface area contributed by atoms with Gasteiger partial charge in [-0.05, 0) is 12.8 Å². The first-order chi connectivity index (χ1) is 9.20. The van der Waals surface area contributed by atoms with Gasteiger partial charge < -0.3 is 4.74 Å². The molecule has 0 aliphatic heterocycles. The van der Waals surface area contributed by atoms with Crippen molar-refractivity contribution >= 4 is 21.7 Å². The van der Waals surface area contributed by atoms with E-state index >= 15 is 0 Å². The lowest BCUT2D eigenvalue weighted by Crippen LogP contribution is -2.07. The molecule has 0 aromatic heterocycles. The van der Waals surface area contributed by atoms with Crippen LogP contribution in [-0.2, 0) is 4.74 Å². The van der Waals surface area contributed by atoms with Crippen LogP contribution < -0.4 is 0 Å². The summed E-state index contributed by atoms with van der Waals surface area (Å²) in [4.78, 5) is 12.1. The Kier molecular flexibility index (Phi) is 7.99. The van der Waals surface area contributed by atoms with Crippen LogP contribution in [-0.4, -0.2) is 12.4 Å². The van der Waals surface area contributed by atoms with E-state index in [1.54, 1.807) is 0 Å². The molecule has 0 saturated heterocycles. The monoisotopic (exact) mass is 326 g/mol. The summed E-state index contributed by atoms with van der Waals surface area (Å²) in [7, 11) is 0. The molecule has 1 rings (SSSR count). The lowest BCUT2D eigenvalue weighted by Gasteiger charge is -2.15. The smallest absolute Gasteiger partial charge is 0.163 e. The topological polar surface area (TPSA) is 26.3 Å². The van der Waals surface area contributed by atoms with Gasteiger partial charge in [0.2, 0.25) is 0 Å². The van der Waals surface area contributed by atoms with Crippen LogP contribution in [0, 0.1) is 0 Å². The number of carbonyl (C=O) groups excluding carboxylic acids is 1. The van der Waals surface area contributed by atoms with Crippen LogP contribution in [0.25, 0.3) is 0 Å². The number of Topliss-reactive ketones (excluding diaryl/α,β-unsaturated/α-hetero) is 1. The van der Waals surface area contributed by atoms with Gasteiger partial charge in [-0.25, -0.2) is 0 Å². The molecule has 2 nitrogen and oxygen atoms in total. The molecule has 0 radical (unpaired) electrons. The zero-order valence-corrected chi connectivity index (χ0v) is 13.4. The molecular formula is C16H23BrO2. The van der Waals surface area contributed by atoms with Crippen LogP contribution in [0.3, 0.4) is 0 Å². The number of carbonyl (C=O) groups is 1. The number of hydrogen-bond donors (Lipinski definition) is 0. The Morgan fingerprint density at radius 2 is 1.95 bits per heavy atom. The highest BCUT2D eigenvalue weighted by atomic mass is 79.9. The van der Waals surface area contributed by atoms with Crippen molar-refractivity contribution in [3.8, 4) is 0 Å². The molecule has 0 amide bonds. The van der Waals surface area contributed by atoms with Crippen molar-refractivity contribution < 1.29 is 9.53 Å². The number of alkyl halides is 1. The molecule has 19 heavy (non-hydrogen) atoms. The third kappa shape index (κ3) is 5.45. The van der Waals surface area contributed by atoms with E-state index in [2.05, 4.69) is 22.9 Å². The molecular weight excluding hydrogens is 304 g/mol. The number of ether oxygens (including phenoxy) is 1. The standard InChI is InChI=1S/C16H23BrO2/c1-3-5-8-12-19-16(17)14-11-7-6-10-13(14)15(18)9-4-2/h6-7,10-11,16H,3-5,8-9,12H2,1-2H3. The van der Waals surface area contributed by atoms with E-state index in [4.69, 9.17) is 4.74 Å². The maximum atomic E-state index is 12.1. The third-order valence-corrected chi connectivity index (χ3v) is 3.75. The Labute approximate surface area is 124 Å². The van der Waals surface area contributed by atoms with Crippen molar-refractivity contribution in [2.75, 3.05) is 6.61 Å². The van der Waals surface area contributed by atoms with Crippen molar-refractivity contribution in [3.63, 3.8) is 0 Å². The van der Waals surface area contributed by atoms with E-state index in [0.717, 1.165) is 30.6 Å². The largest absolute Gasteiger partial charge is 0.362 e. The average molecular weight is 327 g/mol. The van der Waals surface area contributed by atoms with Gasteiger partial charge in [0.25, 0.3) is 0 Å². The van der Waals surface area contributed by atoms with Crippen molar-refractivity contribution in [1.29, 1.82) is 0 Å². The average Bonchev–Trinajstić information content (AvgIpc) is 2.43. The number of ketones is 1. The van der Waals surface area contributed by atoms with E-state index in [0.29, 0.717) is 6.42 Å². The summed E-state index contributed by atoms with van der Waals surface area (Å²) in [6.45, 7) is 4.91. The highest BCUT2D eigenvalue weighted by Crippen LogP contribution is 2.28. The quantitative estimate of drug-likeness (QED) is 0.351. The second-order valence-electron chi connectivity index (χ2n) is 4.65. The Hall–Kier alpha value is -0.670. The van der Waals surface area contributed by atoms with Crippen LogP contribution in [0.4, 0.5) is 0 Å². The fourth-order valence-electron chi connectivity index (χ4n) is 1.94. The zero-order chi connectivity index (χ0) is 14.1. The highest BCUT2D eigenvalue weighted by molar-refractivity contribution is 9.09. The molecule has 106 valence electrons. The maximum Gasteiger partial charge on any atom is 0.163 e. The second-order valence-corrected chi connectivity index (χ2v) is 5.49. The van der Waals surface area contributed by atoms with Gasteiger partial charge in [0.15, 0.2) is 5.78 Å². The van der Waals surface area contributed by atoms with E-state index in [-0.39, 0.29) is 10.8 Å². The van der Waals surface area contributed by atoms with Crippen molar-refractivity contribution in [1.82, 2.24) is 0 Å². The summed E-state index contributed by atoms with van der Waals surface area (Å²) < 4.78 is 5.76. The summed E-state index contributed by atoms with van der Waals surface area (Å²) in [5.74, 6) is 0.194. The molecule has 0 bridgehead atoms. The van der Waals surface area contributed by atoms with Crippen LogP contribution in [0.2, 0.25) is 0 Å². The fraction of sp³-hybridized carbons (Fsp3) is 0.562. The summed E-state index contributed by atoms with van der Waals surface area (Å²) >= 11 is 3.53. The zero-order valence-electron chi connectivity index (χ0n) is 11.8. The van der Waals surface area contributed by atoms with E-state index < -0.39 is 0 Å². The molecule has 0 spiro atoms. The molecule has 1 unspecified atom stereocenters. The summed E-state index contributed by atoms with van der Waals surface area (Å²) in [5, 5.41) is -0.193. The van der Waals surface area contributed by atoms with Crippen molar-refractivity contribution in [2.45, 2.75) is 51.0 Å². The third-order valence-electron chi connectivity index (χ3n) is 2.99. The fourth-order valence-corrected chi connectivity index (χ4v) is 2.53. The van der Waals surface area contributed by atoms with Gasteiger partial charge in [-0.15, -0.1) is 0 Å².